The third-order valence-corrected chi connectivity index (χ3v) is 3.88. The van der Waals surface area contributed by atoms with Crippen LogP contribution in [0.1, 0.15) is 16.7 Å². The summed E-state index contributed by atoms with van der Waals surface area (Å²) < 4.78 is 1.05. The molecule has 0 radical (unpaired) electrons. The zero-order chi connectivity index (χ0) is 13.0. The van der Waals surface area contributed by atoms with Gasteiger partial charge in [0, 0.05) is 22.6 Å². The Kier molecular flexibility index (Phi) is 4.81. The lowest BCUT2D eigenvalue weighted by atomic mass is 10.1. The standard InChI is InChI=1S/C15H15BrClN/c1-11-4-2-3-5-12(11)9-18-10-13-6-7-14(17)8-15(13)16/h2-8,18H,9-10H2,1H3. The van der Waals surface area contributed by atoms with Crippen molar-refractivity contribution >= 4 is 27.5 Å². The van der Waals surface area contributed by atoms with Gasteiger partial charge in [0.15, 0.2) is 0 Å². The number of aryl methyl sites for hydroxylation is 1. The molecule has 0 bridgehead atoms. The van der Waals surface area contributed by atoms with E-state index in [-0.39, 0.29) is 0 Å². The van der Waals surface area contributed by atoms with Gasteiger partial charge in [0.05, 0.1) is 0 Å². The molecule has 2 rings (SSSR count). The van der Waals surface area contributed by atoms with Gasteiger partial charge in [-0.25, -0.2) is 0 Å². The Bertz CT molecular complexity index is 540. The van der Waals surface area contributed by atoms with E-state index in [4.69, 9.17) is 11.6 Å². The van der Waals surface area contributed by atoms with Gasteiger partial charge in [-0.05, 0) is 35.7 Å². The molecule has 1 N–H and O–H groups in total. The first kappa shape index (κ1) is 13.6. The Morgan fingerprint density at radius 3 is 2.50 bits per heavy atom. The average Bonchev–Trinajstić information content (AvgIpc) is 2.34. The molecule has 0 spiro atoms. The number of hydrogen-bond donors (Lipinski definition) is 1. The van der Waals surface area contributed by atoms with Crippen LogP contribution in [0.5, 0.6) is 0 Å². The number of rotatable bonds is 4. The topological polar surface area (TPSA) is 12.0 Å². The van der Waals surface area contributed by atoms with Crippen molar-refractivity contribution in [3.8, 4) is 0 Å². The van der Waals surface area contributed by atoms with E-state index >= 15 is 0 Å². The van der Waals surface area contributed by atoms with Gasteiger partial charge in [0.25, 0.3) is 0 Å². The van der Waals surface area contributed by atoms with Gasteiger partial charge in [-0.2, -0.15) is 0 Å². The SMILES string of the molecule is Cc1ccccc1CNCc1ccc(Cl)cc1Br. The molecule has 0 fully saturated rings. The van der Waals surface area contributed by atoms with Crippen molar-refractivity contribution in [1.29, 1.82) is 0 Å². The van der Waals surface area contributed by atoms with Gasteiger partial charge in [0.2, 0.25) is 0 Å². The Labute approximate surface area is 121 Å². The first-order chi connectivity index (χ1) is 8.66. The molecule has 94 valence electrons. The fourth-order valence-electron chi connectivity index (χ4n) is 1.81. The maximum atomic E-state index is 5.92. The van der Waals surface area contributed by atoms with Crippen LogP contribution < -0.4 is 5.32 Å². The number of halogens is 2. The minimum atomic E-state index is 0.754. The van der Waals surface area contributed by atoms with E-state index in [1.807, 2.05) is 18.2 Å². The highest BCUT2D eigenvalue weighted by Crippen LogP contribution is 2.21. The van der Waals surface area contributed by atoms with Gasteiger partial charge >= 0.3 is 0 Å². The highest BCUT2D eigenvalue weighted by Gasteiger charge is 2.01. The summed E-state index contributed by atoms with van der Waals surface area (Å²) in [4.78, 5) is 0. The molecular weight excluding hydrogens is 310 g/mol. The minimum Gasteiger partial charge on any atom is -0.309 e. The van der Waals surface area contributed by atoms with E-state index in [1.165, 1.54) is 16.7 Å². The van der Waals surface area contributed by atoms with E-state index in [1.54, 1.807) is 0 Å². The largest absolute Gasteiger partial charge is 0.309 e. The molecule has 0 aliphatic rings. The molecule has 0 amide bonds. The molecule has 0 saturated heterocycles. The quantitative estimate of drug-likeness (QED) is 0.859. The molecule has 2 aromatic rings. The van der Waals surface area contributed by atoms with Crippen molar-refractivity contribution < 1.29 is 0 Å². The second-order valence-electron chi connectivity index (χ2n) is 4.27. The van der Waals surface area contributed by atoms with Crippen molar-refractivity contribution in [2.24, 2.45) is 0 Å². The Balaban J connectivity index is 1.95. The Morgan fingerprint density at radius 2 is 1.78 bits per heavy atom. The molecule has 1 nitrogen and oxygen atoms in total. The first-order valence-corrected chi connectivity index (χ1v) is 7.03. The molecule has 0 saturated carbocycles. The van der Waals surface area contributed by atoms with Crippen LogP contribution in [-0.2, 0) is 13.1 Å². The fourth-order valence-corrected chi connectivity index (χ4v) is 2.63. The molecule has 0 unspecified atom stereocenters. The van der Waals surface area contributed by atoms with Crippen LogP contribution >= 0.6 is 27.5 Å². The summed E-state index contributed by atoms with van der Waals surface area (Å²) in [5.74, 6) is 0. The predicted molar refractivity (Wildman–Crippen MR) is 80.9 cm³/mol. The van der Waals surface area contributed by atoms with Crippen LogP contribution in [0.25, 0.3) is 0 Å². The third kappa shape index (κ3) is 3.58. The Hall–Kier alpha value is -0.830. The zero-order valence-corrected chi connectivity index (χ0v) is 12.6. The lowest BCUT2D eigenvalue weighted by molar-refractivity contribution is 0.689. The van der Waals surface area contributed by atoms with Crippen molar-refractivity contribution in [3.63, 3.8) is 0 Å². The highest BCUT2D eigenvalue weighted by atomic mass is 79.9. The molecule has 0 heterocycles. The summed E-state index contributed by atoms with van der Waals surface area (Å²) in [6.07, 6.45) is 0. The zero-order valence-electron chi connectivity index (χ0n) is 10.2. The van der Waals surface area contributed by atoms with Crippen LogP contribution in [0, 0.1) is 6.92 Å². The van der Waals surface area contributed by atoms with E-state index in [0.717, 1.165) is 22.6 Å². The smallest absolute Gasteiger partial charge is 0.0417 e. The van der Waals surface area contributed by atoms with Crippen LogP contribution in [0.15, 0.2) is 46.9 Å². The normalized spacial score (nSPS) is 10.6. The van der Waals surface area contributed by atoms with E-state index in [0.29, 0.717) is 0 Å². The monoisotopic (exact) mass is 323 g/mol. The van der Waals surface area contributed by atoms with E-state index < -0.39 is 0 Å². The van der Waals surface area contributed by atoms with Gasteiger partial charge in [0.1, 0.15) is 0 Å². The first-order valence-electron chi connectivity index (χ1n) is 5.86. The van der Waals surface area contributed by atoms with Crippen LogP contribution in [0.2, 0.25) is 5.02 Å². The van der Waals surface area contributed by atoms with Crippen molar-refractivity contribution in [1.82, 2.24) is 5.32 Å². The number of benzene rings is 2. The van der Waals surface area contributed by atoms with Gasteiger partial charge in [-0.3, -0.25) is 0 Å². The highest BCUT2D eigenvalue weighted by molar-refractivity contribution is 9.10. The number of nitrogens with one attached hydrogen (secondary N) is 1. The van der Waals surface area contributed by atoms with Crippen LogP contribution in [-0.4, -0.2) is 0 Å². The molecule has 18 heavy (non-hydrogen) atoms. The maximum absolute atomic E-state index is 5.92. The van der Waals surface area contributed by atoms with Crippen molar-refractivity contribution in [2.75, 3.05) is 0 Å². The second kappa shape index (κ2) is 6.37. The second-order valence-corrected chi connectivity index (χ2v) is 5.56. The average molecular weight is 325 g/mol. The molecule has 2 aromatic carbocycles. The summed E-state index contributed by atoms with van der Waals surface area (Å²) in [6, 6.07) is 14.3. The van der Waals surface area contributed by atoms with Crippen molar-refractivity contribution in [3.05, 3.63) is 68.7 Å². The number of hydrogen-bond acceptors (Lipinski definition) is 1. The molecule has 0 aromatic heterocycles. The Morgan fingerprint density at radius 1 is 1.06 bits per heavy atom. The molecule has 0 aliphatic heterocycles. The summed E-state index contributed by atoms with van der Waals surface area (Å²) in [6.45, 7) is 3.84. The van der Waals surface area contributed by atoms with Gasteiger partial charge in [-0.15, -0.1) is 0 Å². The third-order valence-electron chi connectivity index (χ3n) is 2.91. The summed E-state index contributed by atoms with van der Waals surface area (Å²) in [5.41, 5.74) is 3.87. The summed E-state index contributed by atoms with van der Waals surface area (Å²) in [7, 11) is 0. The molecule has 0 atom stereocenters. The fraction of sp³-hybridized carbons (Fsp3) is 0.200. The molecule has 0 aliphatic carbocycles. The van der Waals surface area contributed by atoms with E-state index in [9.17, 15) is 0 Å². The summed E-state index contributed by atoms with van der Waals surface area (Å²) in [5, 5.41) is 4.20. The van der Waals surface area contributed by atoms with Crippen LogP contribution in [0.4, 0.5) is 0 Å². The molecular formula is C15H15BrClN. The minimum absolute atomic E-state index is 0.754. The van der Waals surface area contributed by atoms with Crippen molar-refractivity contribution in [2.45, 2.75) is 20.0 Å². The van der Waals surface area contributed by atoms with Gasteiger partial charge < -0.3 is 5.32 Å². The van der Waals surface area contributed by atoms with Crippen LogP contribution in [0.3, 0.4) is 0 Å². The predicted octanol–water partition coefficient (Wildman–Crippen LogP) is 4.70. The molecule has 3 heteroatoms. The summed E-state index contributed by atoms with van der Waals surface area (Å²) >= 11 is 9.44. The maximum Gasteiger partial charge on any atom is 0.0417 e. The van der Waals surface area contributed by atoms with E-state index in [2.05, 4.69) is 52.4 Å². The van der Waals surface area contributed by atoms with Gasteiger partial charge in [-0.1, -0.05) is 57.9 Å². The lowest BCUT2D eigenvalue weighted by Crippen LogP contribution is -2.13. The lowest BCUT2D eigenvalue weighted by Gasteiger charge is -2.09.